The minimum Gasteiger partial charge on any atom is -0.451 e. The highest BCUT2D eigenvalue weighted by atomic mass is 16.3. The largest absolute Gasteiger partial charge is 0.451 e. The lowest BCUT2D eigenvalue weighted by atomic mass is 9.90. The number of hydrogen-bond acceptors (Lipinski definition) is 4. The Morgan fingerprint density at radius 2 is 2.03 bits per heavy atom. The van der Waals surface area contributed by atoms with Crippen LogP contribution in [-0.4, -0.2) is 46.1 Å². The summed E-state index contributed by atoms with van der Waals surface area (Å²) in [6, 6.07) is 9.42. The summed E-state index contributed by atoms with van der Waals surface area (Å²) in [5, 5.41) is 8.26. The lowest BCUT2D eigenvalue weighted by Gasteiger charge is -2.33. The number of benzene rings is 1. The topological polar surface area (TPSA) is 80.4 Å². The fourth-order valence-electron chi connectivity index (χ4n) is 4.86. The highest BCUT2D eigenvalue weighted by molar-refractivity contribution is 5.96. The van der Waals surface area contributed by atoms with Gasteiger partial charge in [-0.25, -0.2) is 0 Å². The molecule has 1 aliphatic carbocycles. The summed E-state index contributed by atoms with van der Waals surface area (Å²) in [4.78, 5) is 27.2. The summed E-state index contributed by atoms with van der Waals surface area (Å²) in [6.07, 6.45) is 4.89. The predicted molar refractivity (Wildman–Crippen MR) is 112 cm³/mol. The molecule has 1 saturated carbocycles. The van der Waals surface area contributed by atoms with Crippen molar-refractivity contribution >= 4 is 22.8 Å². The Kier molecular flexibility index (Phi) is 4.41. The molecule has 0 radical (unpaired) electrons. The molecule has 2 aliphatic rings. The monoisotopic (exact) mass is 406 g/mol. The normalized spacial score (nSPS) is 19.9. The van der Waals surface area contributed by atoms with E-state index in [2.05, 4.69) is 10.4 Å². The first-order valence-corrected chi connectivity index (χ1v) is 10.5. The van der Waals surface area contributed by atoms with Crippen LogP contribution in [0, 0.1) is 18.3 Å². The molecule has 3 heterocycles. The molecule has 2 fully saturated rings. The first-order valence-electron chi connectivity index (χ1n) is 10.5. The van der Waals surface area contributed by atoms with Crippen LogP contribution in [0.4, 0.5) is 0 Å². The molecule has 7 nitrogen and oxygen atoms in total. The number of carbonyl (C=O) groups is 2. The van der Waals surface area contributed by atoms with Crippen LogP contribution in [0.2, 0.25) is 0 Å². The molecule has 156 valence electrons. The van der Waals surface area contributed by atoms with E-state index in [-0.39, 0.29) is 17.2 Å². The highest BCUT2D eigenvalue weighted by Gasteiger charge is 2.54. The van der Waals surface area contributed by atoms with Crippen LogP contribution in [0.15, 0.2) is 40.9 Å². The van der Waals surface area contributed by atoms with Crippen LogP contribution in [0.3, 0.4) is 0 Å². The van der Waals surface area contributed by atoms with Crippen LogP contribution in [-0.2, 0) is 7.05 Å². The Morgan fingerprint density at radius 3 is 2.73 bits per heavy atom. The van der Waals surface area contributed by atoms with E-state index in [1.54, 1.807) is 16.9 Å². The van der Waals surface area contributed by atoms with E-state index in [1.165, 1.54) is 0 Å². The van der Waals surface area contributed by atoms with Crippen molar-refractivity contribution in [2.75, 3.05) is 19.6 Å². The summed E-state index contributed by atoms with van der Waals surface area (Å²) in [6.45, 7) is 4.06. The summed E-state index contributed by atoms with van der Waals surface area (Å²) < 4.78 is 7.34. The number of carbonyl (C=O) groups excluding carboxylic acids is 2. The van der Waals surface area contributed by atoms with Gasteiger partial charge in [-0.2, -0.15) is 5.10 Å². The van der Waals surface area contributed by atoms with Gasteiger partial charge in [-0.15, -0.1) is 0 Å². The molecule has 0 bridgehead atoms. The van der Waals surface area contributed by atoms with Gasteiger partial charge < -0.3 is 14.6 Å². The Labute approximate surface area is 175 Å². The van der Waals surface area contributed by atoms with Crippen molar-refractivity contribution in [1.29, 1.82) is 0 Å². The Bertz CT molecular complexity index is 1090. The van der Waals surface area contributed by atoms with Crippen molar-refractivity contribution in [2.24, 2.45) is 18.4 Å². The molecule has 1 saturated heterocycles. The molecular weight excluding hydrogens is 380 g/mol. The average molecular weight is 406 g/mol. The van der Waals surface area contributed by atoms with Crippen molar-refractivity contribution in [1.82, 2.24) is 20.0 Å². The Hall–Kier alpha value is -3.09. The fourth-order valence-corrected chi connectivity index (χ4v) is 4.86. The van der Waals surface area contributed by atoms with Gasteiger partial charge in [0, 0.05) is 38.3 Å². The molecule has 1 N–H and O–H groups in total. The van der Waals surface area contributed by atoms with Crippen molar-refractivity contribution in [3.8, 4) is 0 Å². The number of nitrogens with one attached hydrogen (secondary N) is 1. The average Bonchev–Trinajstić information content (AvgIpc) is 3.07. The van der Waals surface area contributed by atoms with Gasteiger partial charge in [0.25, 0.3) is 11.8 Å². The van der Waals surface area contributed by atoms with Crippen molar-refractivity contribution < 1.29 is 14.0 Å². The molecule has 1 aliphatic heterocycles. The number of furan rings is 1. The third-order valence-electron chi connectivity index (χ3n) is 6.81. The zero-order valence-corrected chi connectivity index (χ0v) is 17.4. The molecule has 1 atom stereocenters. The number of fused-ring (bicyclic) bond motifs is 1. The zero-order chi connectivity index (χ0) is 20.9. The van der Waals surface area contributed by atoms with Gasteiger partial charge in [0.15, 0.2) is 5.76 Å². The molecule has 7 heteroatoms. The molecule has 1 spiro atoms. The minimum atomic E-state index is -0.159. The molecule has 1 aromatic carbocycles. The van der Waals surface area contributed by atoms with Crippen LogP contribution in [0.5, 0.6) is 0 Å². The van der Waals surface area contributed by atoms with E-state index < -0.39 is 0 Å². The number of piperidine rings is 1. The third kappa shape index (κ3) is 3.28. The first-order chi connectivity index (χ1) is 14.4. The number of amides is 2. The van der Waals surface area contributed by atoms with Gasteiger partial charge in [-0.05, 0) is 49.7 Å². The summed E-state index contributed by atoms with van der Waals surface area (Å²) >= 11 is 0. The van der Waals surface area contributed by atoms with E-state index in [0.717, 1.165) is 49.0 Å². The number of para-hydroxylation sites is 1. The summed E-state index contributed by atoms with van der Waals surface area (Å²) in [7, 11) is 1.84. The second-order valence-corrected chi connectivity index (χ2v) is 8.72. The second kappa shape index (κ2) is 7.00. The van der Waals surface area contributed by atoms with Crippen LogP contribution < -0.4 is 5.32 Å². The molecule has 2 aromatic heterocycles. The number of aryl methyl sites for hydroxylation is 2. The van der Waals surface area contributed by atoms with E-state index >= 15 is 0 Å². The van der Waals surface area contributed by atoms with Crippen LogP contribution in [0.25, 0.3) is 11.0 Å². The number of rotatable bonds is 4. The van der Waals surface area contributed by atoms with E-state index in [0.29, 0.717) is 23.8 Å². The van der Waals surface area contributed by atoms with Crippen molar-refractivity contribution in [2.45, 2.75) is 26.2 Å². The molecule has 3 aromatic rings. The van der Waals surface area contributed by atoms with Gasteiger partial charge in [-0.1, -0.05) is 18.2 Å². The van der Waals surface area contributed by atoms with Crippen molar-refractivity contribution in [3.05, 3.63) is 53.5 Å². The lowest BCUT2D eigenvalue weighted by molar-refractivity contribution is 0.0668. The summed E-state index contributed by atoms with van der Waals surface area (Å²) in [5.74, 6) is 0.750. The zero-order valence-electron chi connectivity index (χ0n) is 17.4. The maximum Gasteiger partial charge on any atom is 0.287 e. The number of aromatic nitrogens is 2. The smallest absolute Gasteiger partial charge is 0.287 e. The number of likely N-dealkylation sites (tertiary alicyclic amines) is 1. The highest BCUT2D eigenvalue weighted by Crippen LogP contribution is 2.59. The molecule has 1 unspecified atom stereocenters. The van der Waals surface area contributed by atoms with Gasteiger partial charge in [-0.3, -0.25) is 14.3 Å². The summed E-state index contributed by atoms with van der Waals surface area (Å²) in [5.41, 5.74) is 2.47. The third-order valence-corrected chi connectivity index (χ3v) is 6.81. The maximum absolute atomic E-state index is 12.8. The first kappa shape index (κ1) is 18.9. The molecule has 5 rings (SSSR count). The van der Waals surface area contributed by atoms with Gasteiger partial charge in [0.2, 0.25) is 0 Å². The van der Waals surface area contributed by atoms with E-state index in [4.69, 9.17) is 4.42 Å². The maximum atomic E-state index is 12.8. The van der Waals surface area contributed by atoms with E-state index in [9.17, 15) is 9.59 Å². The Morgan fingerprint density at radius 1 is 1.27 bits per heavy atom. The molecule has 2 amide bonds. The fraction of sp³-hybridized carbons (Fsp3) is 0.435. The quantitative estimate of drug-likeness (QED) is 0.722. The number of nitrogens with zero attached hydrogens (tertiary/aromatic N) is 3. The molecular formula is C23H26N4O3. The van der Waals surface area contributed by atoms with Gasteiger partial charge >= 0.3 is 0 Å². The van der Waals surface area contributed by atoms with Crippen LogP contribution >= 0.6 is 0 Å². The van der Waals surface area contributed by atoms with E-state index in [1.807, 2.05) is 43.1 Å². The minimum absolute atomic E-state index is 0.0749. The Balaban J connectivity index is 1.14. The molecule has 30 heavy (non-hydrogen) atoms. The standard InChI is InChI=1S/C23H26N4O3/c1-15-18(14-26(2)25-15)22(29)27-9-7-23(8-10-27)12-17(23)13-24-21(28)20-11-16-5-3-4-6-19(16)30-20/h3-6,11,14,17H,7-10,12-13H2,1-2H3,(H,24,28). The second-order valence-electron chi connectivity index (χ2n) is 8.72. The van der Waals surface area contributed by atoms with Crippen molar-refractivity contribution in [3.63, 3.8) is 0 Å². The van der Waals surface area contributed by atoms with Gasteiger partial charge in [0.1, 0.15) is 5.58 Å². The predicted octanol–water partition coefficient (Wildman–Crippen LogP) is 3.15. The number of hydrogen-bond donors (Lipinski definition) is 1. The SMILES string of the molecule is Cc1nn(C)cc1C(=O)N1CCC2(CC1)CC2CNC(=O)c1cc2ccccc2o1. The van der Waals surface area contributed by atoms with Gasteiger partial charge in [0.05, 0.1) is 11.3 Å². The van der Waals surface area contributed by atoms with Crippen LogP contribution in [0.1, 0.15) is 45.9 Å². The lowest BCUT2D eigenvalue weighted by Crippen LogP contribution is -2.40.